The molecule has 2 heterocycles. The van der Waals surface area contributed by atoms with Crippen molar-refractivity contribution >= 4 is 39.1 Å². The zero-order valence-corrected chi connectivity index (χ0v) is 19.2. The molecule has 4 rings (SSSR count). The largest absolute Gasteiger partial charge is 0.507 e. The molecule has 0 aliphatic carbocycles. The van der Waals surface area contributed by atoms with Gasteiger partial charge in [-0.1, -0.05) is 28.1 Å². The molecule has 1 amide bonds. The summed E-state index contributed by atoms with van der Waals surface area (Å²) in [7, 11) is 0. The van der Waals surface area contributed by atoms with Gasteiger partial charge in [0.25, 0.3) is 17.4 Å². The molecule has 2 fully saturated rings. The van der Waals surface area contributed by atoms with Crippen LogP contribution in [0.25, 0.3) is 5.76 Å². The number of non-ortho nitro benzene ring substituents is 1. The molecule has 2 aromatic carbocycles. The minimum absolute atomic E-state index is 0.0295. The second-order valence-electron chi connectivity index (χ2n) is 7.80. The number of rotatable bonds is 6. The smallest absolute Gasteiger partial charge is 0.295 e. The standard InChI is InChI=1S/C23H22BrN3O6/c24-17-5-1-16(2-6-17)21(28)19-20(15-3-7-18(8-4-15)27(31)32)26(23(30)22(19)29)10-9-25-11-13-33-14-12-25/h1-8,20,28H,9-14H2/b21-19-. The van der Waals surface area contributed by atoms with Crippen LogP contribution < -0.4 is 0 Å². The highest BCUT2D eigenvalue weighted by atomic mass is 79.9. The summed E-state index contributed by atoms with van der Waals surface area (Å²) >= 11 is 3.34. The molecule has 2 aliphatic heterocycles. The maximum Gasteiger partial charge on any atom is 0.295 e. The van der Waals surface area contributed by atoms with Crippen LogP contribution in [0, 0.1) is 10.1 Å². The van der Waals surface area contributed by atoms with Crippen LogP contribution in [0.5, 0.6) is 0 Å². The monoisotopic (exact) mass is 515 g/mol. The van der Waals surface area contributed by atoms with Crippen LogP contribution in [0.1, 0.15) is 17.2 Å². The highest BCUT2D eigenvalue weighted by Gasteiger charge is 2.46. The van der Waals surface area contributed by atoms with Gasteiger partial charge in [-0.15, -0.1) is 0 Å². The molecule has 0 radical (unpaired) electrons. The predicted molar refractivity (Wildman–Crippen MR) is 124 cm³/mol. The Kier molecular flexibility index (Phi) is 6.87. The summed E-state index contributed by atoms with van der Waals surface area (Å²) < 4.78 is 6.16. The third-order valence-corrected chi connectivity index (χ3v) is 6.37. The number of likely N-dealkylation sites (tertiary alicyclic amines) is 1. The fourth-order valence-corrected chi connectivity index (χ4v) is 4.34. The number of ketones is 1. The van der Waals surface area contributed by atoms with E-state index >= 15 is 0 Å². The summed E-state index contributed by atoms with van der Waals surface area (Å²) in [5, 5.41) is 22.1. The Morgan fingerprint density at radius 2 is 1.70 bits per heavy atom. The van der Waals surface area contributed by atoms with E-state index in [0.29, 0.717) is 30.9 Å². The zero-order chi connectivity index (χ0) is 23.5. The summed E-state index contributed by atoms with van der Waals surface area (Å²) in [6.07, 6.45) is 0. The Bertz CT molecular complexity index is 1090. The van der Waals surface area contributed by atoms with Crippen molar-refractivity contribution in [3.63, 3.8) is 0 Å². The van der Waals surface area contributed by atoms with Crippen LogP contribution in [0.2, 0.25) is 0 Å². The lowest BCUT2D eigenvalue weighted by molar-refractivity contribution is -0.384. The molecule has 0 aromatic heterocycles. The lowest BCUT2D eigenvalue weighted by Gasteiger charge is -2.31. The number of hydrogen-bond donors (Lipinski definition) is 1. The molecule has 33 heavy (non-hydrogen) atoms. The van der Waals surface area contributed by atoms with Crippen LogP contribution in [0.4, 0.5) is 5.69 Å². The molecule has 172 valence electrons. The number of morpholine rings is 1. The number of aliphatic hydroxyl groups is 1. The topological polar surface area (TPSA) is 113 Å². The van der Waals surface area contributed by atoms with Crippen molar-refractivity contribution in [1.82, 2.24) is 9.80 Å². The summed E-state index contributed by atoms with van der Waals surface area (Å²) in [4.78, 5) is 40.2. The normalized spacial score (nSPS) is 20.9. The number of ether oxygens (including phenoxy) is 1. The molecule has 0 bridgehead atoms. The Morgan fingerprint density at radius 3 is 2.30 bits per heavy atom. The molecule has 0 saturated carbocycles. The first-order chi connectivity index (χ1) is 15.9. The van der Waals surface area contributed by atoms with Crippen LogP contribution >= 0.6 is 15.9 Å². The third-order valence-electron chi connectivity index (χ3n) is 5.84. The summed E-state index contributed by atoms with van der Waals surface area (Å²) in [5.74, 6) is -1.76. The Morgan fingerprint density at radius 1 is 1.06 bits per heavy atom. The van der Waals surface area contributed by atoms with E-state index in [2.05, 4.69) is 20.8 Å². The number of benzene rings is 2. The quantitative estimate of drug-likeness (QED) is 0.206. The number of nitro groups is 1. The van der Waals surface area contributed by atoms with Gasteiger partial charge in [-0.05, 0) is 29.8 Å². The lowest BCUT2D eigenvalue weighted by atomic mass is 9.95. The number of carbonyl (C=O) groups excluding carboxylic acids is 2. The first-order valence-corrected chi connectivity index (χ1v) is 11.2. The first-order valence-electron chi connectivity index (χ1n) is 10.5. The number of Topliss-reactive ketones (excluding diaryl/α,β-unsaturated/α-hetero) is 1. The fraction of sp³-hybridized carbons (Fsp3) is 0.304. The maximum absolute atomic E-state index is 13.0. The average molecular weight is 516 g/mol. The van der Waals surface area contributed by atoms with Crippen molar-refractivity contribution in [1.29, 1.82) is 0 Å². The van der Waals surface area contributed by atoms with E-state index in [1.165, 1.54) is 29.2 Å². The van der Waals surface area contributed by atoms with Gasteiger partial charge in [-0.25, -0.2) is 0 Å². The van der Waals surface area contributed by atoms with E-state index in [9.17, 15) is 24.8 Å². The van der Waals surface area contributed by atoms with Crippen LogP contribution in [0.3, 0.4) is 0 Å². The summed E-state index contributed by atoms with van der Waals surface area (Å²) in [5.41, 5.74) is 0.784. The Labute approximate surface area is 198 Å². The molecule has 10 heteroatoms. The van der Waals surface area contributed by atoms with Crippen molar-refractivity contribution in [2.24, 2.45) is 0 Å². The molecule has 1 atom stereocenters. The van der Waals surface area contributed by atoms with E-state index in [-0.39, 0.29) is 23.6 Å². The highest BCUT2D eigenvalue weighted by Crippen LogP contribution is 2.39. The Balaban J connectivity index is 1.74. The highest BCUT2D eigenvalue weighted by molar-refractivity contribution is 9.10. The molecule has 0 spiro atoms. The number of nitrogens with zero attached hydrogens (tertiary/aromatic N) is 3. The lowest BCUT2D eigenvalue weighted by Crippen LogP contribution is -2.42. The van der Waals surface area contributed by atoms with Gasteiger partial charge in [-0.3, -0.25) is 24.6 Å². The fourth-order valence-electron chi connectivity index (χ4n) is 4.07. The molecule has 1 unspecified atom stereocenters. The molecule has 2 aromatic rings. The Hall–Kier alpha value is -3.08. The van der Waals surface area contributed by atoms with Crippen molar-refractivity contribution in [3.05, 3.63) is 79.8 Å². The second-order valence-corrected chi connectivity index (χ2v) is 8.72. The van der Waals surface area contributed by atoms with Gasteiger partial charge in [0.2, 0.25) is 0 Å². The van der Waals surface area contributed by atoms with Crippen molar-refractivity contribution in [3.8, 4) is 0 Å². The molecule has 2 aliphatic rings. The maximum atomic E-state index is 13.0. The molecule has 9 nitrogen and oxygen atoms in total. The average Bonchev–Trinajstić information content (AvgIpc) is 3.08. The molecular weight excluding hydrogens is 494 g/mol. The van der Waals surface area contributed by atoms with Crippen molar-refractivity contribution in [2.45, 2.75) is 6.04 Å². The minimum Gasteiger partial charge on any atom is -0.507 e. The molecule has 2 saturated heterocycles. The van der Waals surface area contributed by atoms with Crippen LogP contribution in [-0.4, -0.2) is 70.9 Å². The van der Waals surface area contributed by atoms with Gasteiger partial charge in [0.1, 0.15) is 5.76 Å². The predicted octanol–water partition coefficient (Wildman–Crippen LogP) is 3.11. The number of nitro benzene ring substituents is 1. The zero-order valence-electron chi connectivity index (χ0n) is 17.6. The molecular formula is C23H22BrN3O6. The van der Waals surface area contributed by atoms with E-state index in [4.69, 9.17) is 4.74 Å². The second kappa shape index (κ2) is 9.82. The molecule has 1 N–H and O–H groups in total. The summed E-state index contributed by atoms with van der Waals surface area (Å²) in [6, 6.07) is 11.6. The SMILES string of the molecule is O=C1C(=O)N(CCN2CCOCC2)C(c2ccc([N+](=O)[O-])cc2)/C1=C(/O)c1ccc(Br)cc1. The van der Waals surface area contributed by atoms with E-state index in [0.717, 1.165) is 17.6 Å². The van der Waals surface area contributed by atoms with E-state index in [1.807, 2.05) is 0 Å². The van der Waals surface area contributed by atoms with Gasteiger partial charge in [0.15, 0.2) is 0 Å². The van der Waals surface area contributed by atoms with Gasteiger partial charge >= 0.3 is 0 Å². The number of halogens is 1. The van der Waals surface area contributed by atoms with Gasteiger partial charge in [0, 0.05) is 48.3 Å². The van der Waals surface area contributed by atoms with Crippen molar-refractivity contribution < 1.29 is 24.4 Å². The summed E-state index contributed by atoms with van der Waals surface area (Å²) in [6.45, 7) is 3.47. The van der Waals surface area contributed by atoms with Crippen molar-refractivity contribution in [2.75, 3.05) is 39.4 Å². The third kappa shape index (κ3) is 4.82. The number of aliphatic hydroxyl groups excluding tert-OH is 1. The van der Waals surface area contributed by atoms with E-state index in [1.54, 1.807) is 24.3 Å². The van der Waals surface area contributed by atoms with Gasteiger partial charge in [0.05, 0.1) is 29.8 Å². The first kappa shape index (κ1) is 23.1. The number of amides is 1. The number of hydrogen-bond acceptors (Lipinski definition) is 7. The minimum atomic E-state index is -0.851. The van der Waals surface area contributed by atoms with Crippen LogP contribution in [0.15, 0.2) is 58.6 Å². The van der Waals surface area contributed by atoms with E-state index < -0.39 is 22.7 Å². The van der Waals surface area contributed by atoms with Gasteiger partial charge < -0.3 is 14.7 Å². The van der Waals surface area contributed by atoms with Gasteiger partial charge in [-0.2, -0.15) is 0 Å². The number of carbonyl (C=O) groups is 2. The van der Waals surface area contributed by atoms with Crippen LogP contribution in [-0.2, 0) is 14.3 Å².